The molecule has 4 aromatic rings. The van der Waals surface area contributed by atoms with E-state index in [0.29, 0.717) is 16.8 Å². The lowest BCUT2D eigenvalue weighted by atomic mass is 9.96. The van der Waals surface area contributed by atoms with E-state index in [-0.39, 0.29) is 5.69 Å². The maximum absolute atomic E-state index is 11.6. The molecule has 0 fully saturated rings. The number of carbonyl (C=O) groups excluding carboxylic acids is 2. The van der Waals surface area contributed by atoms with Gasteiger partial charge in [0.05, 0.1) is 11.2 Å². The zero-order valence-electron chi connectivity index (χ0n) is 15.2. The Labute approximate surface area is 161 Å². The Hall–Kier alpha value is -3.86. The van der Waals surface area contributed by atoms with Gasteiger partial charge >= 0.3 is 0 Å². The number of aldehydes is 1. The summed E-state index contributed by atoms with van der Waals surface area (Å²) in [6, 6.07) is 20.9. The van der Waals surface area contributed by atoms with Gasteiger partial charge in [-0.3, -0.25) is 9.59 Å². The number of benzene rings is 2. The lowest BCUT2D eigenvalue weighted by Gasteiger charge is -2.13. The van der Waals surface area contributed by atoms with Gasteiger partial charge in [0.25, 0.3) is 5.91 Å². The number of aromatic nitrogens is 2. The summed E-state index contributed by atoms with van der Waals surface area (Å²) in [6.07, 6.45) is 0.809. The maximum atomic E-state index is 11.6. The highest BCUT2D eigenvalue weighted by Crippen LogP contribution is 2.34. The van der Waals surface area contributed by atoms with Crippen molar-refractivity contribution in [3.8, 4) is 22.4 Å². The molecular weight excluding hydrogens is 350 g/mol. The number of primary amides is 1. The van der Waals surface area contributed by atoms with E-state index in [1.807, 2.05) is 55.5 Å². The Bertz CT molecular complexity index is 1200. The average Bonchev–Trinajstić information content (AvgIpc) is 2.73. The first kappa shape index (κ1) is 17.5. The van der Waals surface area contributed by atoms with Gasteiger partial charge < -0.3 is 5.73 Å². The quantitative estimate of drug-likeness (QED) is 0.548. The number of nitrogens with two attached hydrogens (primary N) is 1. The molecule has 0 spiro atoms. The van der Waals surface area contributed by atoms with Gasteiger partial charge in [-0.2, -0.15) is 0 Å². The minimum absolute atomic E-state index is 0.187. The predicted octanol–water partition coefficient (Wildman–Crippen LogP) is 4.18. The van der Waals surface area contributed by atoms with Gasteiger partial charge in [0.15, 0.2) is 0 Å². The lowest BCUT2D eigenvalue weighted by Crippen LogP contribution is -2.13. The first-order chi connectivity index (χ1) is 13.6. The lowest BCUT2D eigenvalue weighted by molar-refractivity contribution is 0.0995. The van der Waals surface area contributed by atoms with E-state index in [9.17, 15) is 9.59 Å². The Morgan fingerprint density at radius 1 is 0.929 bits per heavy atom. The van der Waals surface area contributed by atoms with Crippen molar-refractivity contribution in [1.82, 2.24) is 9.97 Å². The average molecular weight is 367 g/mol. The molecule has 0 saturated carbocycles. The van der Waals surface area contributed by atoms with Crippen molar-refractivity contribution in [1.29, 1.82) is 0 Å². The van der Waals surface area contributed by atoms with Crippen LogP contribution in [0.25, 0.3) is 33.3 Å². The van der Waals surface area contributed by atoms with Crippen LogP contribution in [0.3, 0.4) is 0 Å². The zero-order chi connectivity index (χ0) is 19.7. The number of aryl methyl sites for hydroxylation is 1. The van der Waals surface area contributed by atoms with Crippen LogP contribution in [-0.2, 0) is 0 Å². The van der Waals surface area contributed by atoms with E-state index in [1.165, 1.54) is 0 Å². The molecular formula is C23H17N3O2. The zero-order valence-corrected chi connectivity index (χ0v) is 15.2. The summed E-state index contributed by atoms with van der Waals surface area (Å²) in [4.78, 5) is 31.8. The highest BCUT2D eigenvalue weighted by Gasteiger charge is 2.15. The maximum Gasteiger partial charge on any atom is 0.267 e. The summed E-state index contributed by atoms with van der Waals surface area (Å²) >= 11 is 0. The largest absolute Gasteiger partial charge is 0.364 e. The molecule has 2 N–H and O–H groups in total. The third-order valence-corrected chi connectivity index (χ3v) is 4.66. The summed E-state index contributed by atoms with van der Waals surface area (Å²) in [7, 11) is 0. The molecule has 5 heteroatoms. The first-order valence-electron chi connectivity index (χ1n) is 8.80. The molecule has 136 valence electrons. The van der Waals surface area contributed by atoms with E-state index in [2.05, 4.69) is 4.98 Å². The molecule has 28 heavy (non-hydrogen) atoms. The monoisotopic (exact) mass is 367 g/mol. The molecule has 5 nitrogen and oxygen atoms in total. The molecule has 0 aliphatic carbocycles. The molecule has 2 heterocycles. The second-order valence-electron chi connectivity index (χ2n) is 6.51. The Balaban J connectivity index is 2.03. The number of hydrogen-bond acceptors (Lipinski definition) is 4. The summed E-state index contributed by atoms with van der Waals surface area (Å²) in [6.45, 7) is 1.84. The minimum Gasteiger partial charge on any atom is -0.364 e. The van der Waals surface area contributed by atoms with Crippen molar-refractivity contribution in [2.45, 2.75) is 6.92 Å². The fourth-order valence-electron chi connectivity index (χ4n) is 3.23. The molecule has 2 aromatic carbocycles. The van der Waals surface area contributed by atoms with Gasteiger partial charge in [-0.1, -0.05) is 54.6 Å². The van der Waals surface area contributed by atoms with E-state index < -0.39 is 5.91 Å². The van der Waals surface area contributed by atoms with E-state index in [0.717, 1.165) is 34.1 Å². The highest BCUT2D eigenvalue weighted by molar-refractivity contribution is 5.98. The third kappa shape index (κ3) is 3.14. The van der Waals surface area contributed by atoms with E-state index in [1.54, 1.807) is 18.2 Å². The standard InChI is InChI=1S/C23H17N3O2/c1-14-18-11-19(16-5-3-2-4-6-16)22(17-9-7-15(13-27)8-10-17)26-20(18)12-21(25-14)23(24)28/h2-13H,1H3,(H2,24,28). The summed E-state index contributed by atoms with van der Waals surface area (Å²) in [5.74, 6) is -0.587. The van der Waals surface area contributed by atoms with Gasteiger partial charge in [-0.05, 0) is 24.6 Å². The van der Waals surface area contributed by atoms with Gasteiger partial charge in [-0.25, -0.2) is 9.97 Å². The first-order valence-corrected chi connectivity index (χ1v) is 8.80. The van der Waals surface area contributed by atoms with Gasteiger partial charge in [-0.15, -0.1) is 0 Å². The number of pyridine rings is 2. The molecule has 1 amide bonds. The van der Waals surface area contributed by atoms with Crippen LogP contribution in [0, 0.1) is 6.92 Å². The fraction of sp³-hybridized carbons (Fsp3) is 0.0435. The van der Waals surface area contributed by atoms with E-state index in [4.69, 9.17) is 10.7 Å². The molecule has 0 saturated heterocycles. The van der Waals surface area contributed by atoms with Crippen LogP contribution in [-0.4, -0.2) is 22.2 Å². The number of nitrogens with zero attached hydrogens (tertiary/aromatic N) is 2. The van der Waals surface area contributed by atoms with Crippen LogP contribution < -0.4 is 5.73 Å². The molecule has 2 aromatic heterocycles. The second kappa shape index (κ2) is 7.04. The van der Waals surface area contributed by atoms with Crippen LogP contribution in [0.1, 0.15) is 26.5 Å². The minimum atomic E-state index is -0.587. The molecule has 0 atom stereocenters. The summed E-state index contributed by atoms with van der Waals surface area (Å²) in [5, 5.41) is 0.858. The smallest absolute Gasteiger partial charge is 0.267 e. The van der Waals surface area contributed by atoms with Gasteiger partial charge in [0.2, 0.25) is 0 Å². The molecule has 0 radical (unpaired) electrons. The van der Waals surface area contributed by atoms with Crippen molar-refractivity contribution >= 4 is 23.1 Å². The molecule has 0 aliphatic heterocycles. The van der Waals surface area contributed by atoms with E-state index >= 15 is 0 Å². The number of fused-ring (bicyclic) bond motifs is 1. The molecule has 0 bridgehead atoms. The van der Waals surface area contributed by atoms with Crippen LogP contribution in [0.15, 0.2) is 66.7 Å². The third-order valence-electron chi connectivity index (χ3n) is 4.66. The van der Waals surface area contributed by atoms with Crippen molar-refractivity contribution < 1.29 is 9.59 Å². The Morgan fingerprint density at radius 3 is 2.29 bits per heavy atom. The second-order valence-corrected chi connectivity index (χ2v) is 6.51. The van der Waals surface area contributed by atoms with Crippen molar-refractivity contribution in [2.24, 2.45) is 5.73 Å². The van der Waals surface area contributed by atoms with Gasteiger partial charge in [0, 0.05) is 27.8 Å². The topological polar surface area (TPSA) is 85.9 Å². The fourth-order valence-corrected chi connectivity index (χ4v) is 3.23. The Kier molecular flexibility index (Phi) is 4.41. The highest BCUT2D eigenvalue weighted by atomic mass is 16.1. The summed E-state index contributed by atoms with van der Waals surface area (Å²) in [5.41, 5.74) is 11.1. The van der Waals surface area contributed by atoms with Crippen LogP contribution in [0.4, 0.5) is 0 Å². The van der Waals surface area contributed by atoms with Crippen molar-refractivity contribution in [3.05, 3.63) is 83.7 Å². The van der Waals surface area contributed by atoms with Crippen LogP contribution in [0.2, 0.25) is 0 Å². The number of hydrogen-bond donors (Lipinski definition) is 1. The normalized spacial score (nSPS) is 10.8. The molecule has 4 rings (SSSR count). The van der Waals surface area contributed by atoms with Crippen molar-refractivity contribution in [2.75, 3.05) is 0 Å². The molecule has 0 unspecified atom stereocenters. The molecule has 0 aliphatic rings. The number of rotatable bonds is 4. The number of carbonyl (C=O) groups is 2. The Morgan fingerprint density at radius 2 is 1.64 bits per heavy atom. The van der Waals surface area contributed by atoms with Crippen LogP contribution in [0.5, 0.6) is 0 Å². The number of amides is 1. The van der Waals surface area contributed by atoms with Crippen molar-refractivity contribution in [3.63, 3.8) is 0 Å². The SMILES string of the molecule is Cc1nc(C(N)=O)cc2nc(-c3ccc(C=O)cc3)c(-c3ccccc3)cc12. The van der Waals surface area contributed by atoms with Gasteiger partial charge in [0.1, 0.15) is 12.0 Å². The summed E-state index contributed by atoms with van der Waals surface area (Å²) < 4.78 is 0. The predicted molar refractivity (Wildman–Crippen MR) is 109 cm³/mol. The van der Waals surface area contributed by atoms with Crippen LogP contribution >= 0.6 is 0 Å².